The molecule has 244 valence electrons. The second kappa shape index (κ2) is 14.9. The van der Waals surface area contributed by atoms with Gasteiger partial charge in [-0.2, -0.15) is 18.2 Å². The third kappa shape index (κ3) is 7.78. The SMILES string of the molecule is C=CC(=O)N1C(C)CN(c2nc(=O)n3c4c(c(/C=C/C=C(C)\C=C\F)c(C(F)(F)F)cc24)SCCC3)CC1C.Fc1ccccc1. The van der Waals surface area contributed by atoms with E-state index in [1.165, 1.54) is 58.8 Å². The molecule has 2 unspecified atom stereocenters. The van der Waals surface area contributed by atoms with Crippen molar-refractivity contribution in [2.24, 2.45) is 0 Å². The largest absolute Gasteiger partial charge is 0.417 e. The molecule has 46 heavy (non-hydrogen) atoms. The molecule has 1 aromatic heterocycles. The minimum atomic E-state index is -4.68. The van der Waals surface area contributed by atoms with E-state index in [0.717, 1.165) is 6.07 Å². The predicted octanol–water partition coefficient (Wildman–Crippen LogP) is 7.79. The Labute approximate surface area is 268 Å². The Bertz CT molecular complexity index is 1720. The predicted molar refractivity (Wildman–Crippen MR) is 174 cm³/mol. The molecule has 3 aromatic rings. The van der Waals surface area contributed by atoms with E-state index in [9.17, 15) is 31.5 Å². The summed E-state index contributed by atoms with van der Waals surface area (Å²) in [5.74, 6) is 0.310. The lowest BCUT2D eigenvalue weighted by atomic mass is 10.0. The van der Waals surface area contributed by atoms with Gasteiger partial charge in [0, 0.05) is 47.6 Å². The number of rotatable bonds is 5. The first-order chi connectivity index (χ1) is 21.9. The quantitative estimate of drug-likeness (QED) is 0.159. The van der Waals surface area contributed by atoms with Gasteiger partial charge in [-0.25, -0.2) is 13.6 Å². The summed E-state index contributed by atoms with van der Waals surface area (Å²) in [5.41, 5.74) is -0.442. The Hall–Kier alpha value is -4.19. The molecule has 2 aromatic carbocycles. The summed E-state index contributed by atoms with van der Waals surface area (Å²) in [6.07, 6.45) is 3.07. The Balaban J connectivity index is 0.000000606. The molecule has 0 spiro atoms. The number of aromatic nitrogens is 2. The van der Waals surface area contributed by atoms with E-state index in [0.29, 0.717) is 54.1 Å². The van der Waals surface area contributed by atoms with E-state index in [2.05, 4.69) is 11.6 Å². The molecule has 0 radical (unpaired) electrons. The number of benzene rings is 2. The maximum atomic E-state index is 14.5. The van der Waals surface area contributed by atoms with Gasteiger partial charge in [-0.05, 0) is 68.9 Å². The van der Waals surface area contributed by atoms with Gasteiger partial charge in [0.25, 0.3) is 0 Å². The molecular formula is C34H35F5N4O2S. The van der Waals surface area contributed by atoms with Gasteiger partial charge in [-0.15, -0.1) is 11.8 Å². The average molecular weight is 659 g/mol. The van der Waals surface area contributed by atoms with E-state index in [1.54, 1.807) is 34.9 Å². The van der Waals surface area contributed by atoms with Crippen molar-refractivity contribution < 1.29 is 26.7 Å². The second-order valence-electron chi connectivity index (χ2n) is 11.0. The minimum absolute atomic E-state index is 0.0383. The van der Waals surface area contributed by atoms with Crippen molar-refractivity contribution in [2.45, 2.75) is 56.9 Å². The number of aryl methyl sites for hydroxylation is 1. The second-order valence-corrected chi connectivity index (χ2v) is 12.1. The van der Waals surface area contributed by atoms with Gasteiger partial charge >= 0.3 is 11.9 Å². The zero-order valence-electron chi connectivity index (χ0n) is 25.7. The number of alkyl halides is 3. The van der Waals surface area contributed by atoms with Crippen LogP contribution in [0.1, 0.15) is 38.3 Å². The van der Waals surface area contributed by atoms with Crippen LogP contribution in [-0.2, 0) is 17.5 Å². The van der Waals surface area contributed by atoms with Crippen LogP contribution in [0.4, 0.5) is 27.8 Å². The molecule has 5 rings (SSSR count). The summed E-state index contributed by atoms with van der Waals surface area (Å²) in [6, 6.07) is 8.46. The Morgan fingerprint density at radius 1 is 1.13 bits per heavy atom. The Morgan fingerprint density at radius 3 is 2.37 bits per heavy atom. The monoisotopic (exact) mass is 658 g/mol. The number of piperazine rings is 1. The van der Waals surface area contributed by atoms with E-state index < -0.39 is 17.4 Å². The van der Waals surface area contributed by atoms with Crippen LogP contribution in [0.5, 0.6) is 0 Å². The fraction of sp³-hybridized carbons (Fsp3) is 0.324. The van der Waals surface area contributed by atoms with Gasteiger partial charge in [-0.3, -0.25) is 9.36 Å². The van der Waals surface area contributed by atoms with Gasteiger partial charge in [0.05, 0.1) is 17.4 Å². The van der Waals surface area contributed by atoms with Crippen LogP contribution < -0.4 is 10.6 Å². The summed E-state index contributed by atoms with van der Waals surface area (Å²) in [7, 11) is 0. The highest BCUT2D eigenvalue weighted by Gasteiger charge is 2.38. The molecule has 0 saturated carbocycles. The van der Waals surface area contributed by atoms with Gasteiger partial charge in [0.15, 0.2) is 0 Å². The third-order valence-electron chi connectivity index (χ3n) is 7.64. The minimum Gasteiger partial charge on any atom is -0.352 e. The number of anilines is 1. The van der Waals surface area contributed by atoms with Crippen molar-refractivity contribution in [3.8, 4) is 0 Å². The number of nitrogens with zero attached hydrogens (tertiary/aromatic N) is 4. The number of thioether (sulfide) groups is 1. The Morgan fingerprint density at radius 2 is 1.80 bits per heavy atom. The maximum absolute atomic E-state index is 14.5. The molecule has 2 aliphatic rings. The van der Waals surface area contributed by atoms with Gasteiger partial charge in [0.1, 0.15) is 11.6 Å². The van der Waals surface area contributed by atoms with E-state index in [1.807, 2.05) is 13.8 Å². The van der Waals surface area contributed by atoms with Crippen molar-refractivity contribution >= 4 is 40.5 Å². The summed E-state index contributed by atoms with van der Waals surface area (Å²) in [6.45, 7) is 9.83. The standard InChI is InChI=1S/C28H30F4N4O2S.C6H5F/c1-5-23(37)36-18(3)15-34(16-19(36)4)26-21-14-22(28(30,31)32)20(9-6-8-17(2)10-11-29)25-24(21)35(27(38)33-26)12-7-13-39-25;7-6-4-2-1-3-5-6/h5-6,8-11,14,18-19H,1,7,12-13,15-16H2,2-4H3;1-5H/b9-6+,11-10+,17-8-;. The summed E-state index contributed by atoms with van der Waals surface area (Å²) in [5, 5.41) is 0.249. The molecular weight excluding hydrogens is 623 g/mol. The number of hydrogen-bond donors (Lipinski definition) is 0. The molecule has 0 N–H and O–H groups in total. The first kappa shape index (κ1) is 34.7. The van der Waals surface area contributed by atoms with E-state index >= 15 is 0 Å². The topological polar surface area (TPSA) is 58.4 Å². The van der Waals surface area contributed by atoms with Crippen LogP contribution in [0.15, 0.2) is 88.9 Å². The summed E-state index contributed by atoms with van der Waals surface area (Å²) < 4.78 is 69.4. The van der Waals surface area contributed by atoms with Gasteiger partial charge in [0.2, 0.25) is 5.91 Å². The number of hydrogen-bond acceptors (Lipinski definition) is 5. The smallest absolute Gasteiger partial charge is 0.352 e. The van der Waals surface area contributed by atoms with Crippen LogP contribution in [0.25, 0.3) is 17.0 Å². The van der Waals surface area contributed by atoms with Crippen LogP contribution in [0.2, 0.25) is 0 Å². The number of amides is 1. The highest BCUT2D eigenvalue weighted by molar-refractivity contribution is 7.99. The fourth-order valence-corrected chi connectivity index (χ4v) is 6.87. The van der Waals surface area contributed by atoms with Crippen molar-refractivity contribution in [3.63, 3.8) is 0 Å². The number of carbonyl (C=O) groups is 1. The Kier molecular flexibility index (Phi) is 11.3. The van der Waals surface area contributed by atoms with Crippen LogP contribution in [-0.4, -0.2) is 51.3 Å². The van der Waals surface area contributed by atoms with Crippen molar-refractivity contribution in [3.05, 3.63) is 107 Å². The third-order valence-corrected chi connectivity index (χ3v) is 8.84. The lowest BCUT2D eigenvalue weighted by Gasteiger charge is -2.44. The molecule has 3 heterocycles. The fourth-order valence-electron chi connectivity index (χ4n) is 5.70. The molecule has 1 fully saturated rings. The van der Waals surface area contributed by atoms with Crippen LogP contribution >= 0.6 is 11.8 Å². The molecule has 2 atom stereocenters. The van der Waals surface area contributed by atoms with Crippen LogP contribution in [0, 0.1) is 5.82 Å². The normalized spacial score (nSPS) is 18.9. The molecule has 0 bridgehead atoms. The zero-order chi connectivity index (χ0) is 33.6. The number of halogens is 5. The molecule has 1 saturated heterocycles. The highest BCUT2D eigenvalue weighted by atomic mass is 32.2. The molecule has 6 nitrogen and oxygen atoms in total. The molecule has 12 heteroatoms. The summed E-state index contributed by atoms with van der Waals surface area (Å²) >= 11 is 1.28. The first-order valence-corrected chi connectivity index (χ1v) is 15.7. The van der Waals surface area contributed by atoms with Crippen LogP contribution in [0.3, 0.4) is 0 Å². The van der Waals surface area contributed by atoms with Gasteiger partial charge in [-0.1, -0.05) is 43.0 Å². The number of carbonyl (C=O) groups excluding carboxylic acids is 1. The van der Waals surface area contributed by atoms with Crippen molar-refractivity contribution in [1.29, 1.82) is 0 Å². The summed E-state index contributed by atoms with van der Waals surface area (Å²) in [4.78, 5) is 33.8. The van der Waals surface area contributed by atoms with Crippen molar-refractivity contribution in [1.82, 2.24) is 14.5 Å². The number of allylic oxidation sites excluding steroid dienone is 4. The highest BCUT2D eigenvalue weighted by Crippen LogP contribution is 2.44. The maximum Gasteiger partial charge on any atom is 0.417 e. The average Bonchev–Trinajstić information content (AvgIpc) is 3.23. The lowest BCUT2D eigenvalue weighted by molar-refractivity contribution is -0.137. The molecule has 2 aliphatic heterocycles. The van der Waals surface area contributed by atoms with Crippen molar-refractivity contribution in [2.75, 3.05) is 23.7 Å². The van der Waals surface area contributed by atoms with Gasteiger partial charge < -0.3 is 9.80 Å². The molecule has 0 aliphatic carbocycles. The molecule has 1 amide bonds. The lowest BCUT2D eigenvalue weighted by Crippen LogP contribution is -2.58. The van der Waals surface area contributed by atoms with E-state index in [-0.39, 0.29) is 40.6 Å². The first-order valence-electron chi connectivity index (χ1n) is 14.7. The van der Waals surface area contributed by atoms with E-state index in [4.69, 9.17) is 0 Å². The zero-order valence-corrected chi connectivity index (χ0v) is 26.5.